The first-order valence-corrected chi connectivity index (χ1v) is 18.0. The second-order valence-electron chi connectivity index (χ2n) is 11.4. The summed E-state index contributed by atoms with van der Waals surface area (Å²) in [6.45, 7) is 14.0. The van der Waals surface area contributed by atoms with E-state index in [4.69, 9.17) is 0 Å². The first kappa shape index (κ1) is 31.3. The molecule has 7 rings (SSSR count). The summed E-state index contributed by atoms with van der Waals surface area (Å²) in [6.07, 6.45) is 11.7. The van der Waals surface area contributed by atoms with Crippen LogP contribution in [-0.4, -0.2) is 13.8 Å². The topological polar surface area (TPSA) is 12.4 Å². The molecule has 5 heteroatoms. The molecule has 0 spiro atoms. The summed E-state index contributed by atoms with van der Waals surface area (Å²) < 4.78 is 0.639. The summed E-state index contributed by atoms with van der Waals surface area (Å²) in [6, 6.07) is 16.1. The number of rotatable bonds is 6. The quantitative estimate of drug-likeness (QED) is 0.341. The second-order valence-corrected chi connectivity index (χ2v) is 17.1. The fraction of sp³-hybridized carbons (Fsp3) is 0.364. The van der Waals surface area contributed by atoms with Crippen molar-refractivity contribution in [2.75, 3.05) is 0 Å². The summed E-state index contributed by atoms with van der Waals surface area (Å²) >= 11 is 1.60. The number of allylic oxidation sites excluding steroid dienone is 6. The number of benzene rings is 2. The van der Waals surface area contributed by atoms with Crippen LogP contribution in [0, 0.1) is 5.92 Å². The number of fused-ring (bicyclic) bond motifs is 1. The van der Waals surface area contributed by atoms with E-state index in [1.54, 1.807) is 40.7 Å². The van der Waals surface area contributed by atoms with E-state index in [1.165, 1.54) is 70.4 Å². The van der Waals surface area contributed by atoms with Gasteiger partial charge >= 0.3 is 156 Å². The van der Waals surface area contributed by atoms with Crippen LogP contribution >= 0.6 is 0 Å². The number of halogens is 2. The van der Waals surface area contributed by atoms with Crippen LogP contribution in [0.2, 0.25) is 13.1 Å². The molecule has 2 aromatic carbocycles. The molecule has 0 fully saturated rings. The van der Waals surface area contributed by atoms with Crippen LogP contribution in [0.15, 0.2) is 86.8 Å². The van der Waals surface area contributed by atoms with Crippen LogP contribution in [0.3, 0.4) is 0 Å². The fourth-order valence-corrected chi connectivity index (χ4v) is 12.0. The Balaban J connectivity index is 0.000000240. The standard InChI is InChI=1S/C23H27.C10H11NSi.2ClH.Zr/c1-4-5-6-8-18-11-13-19(14-12-18)22-10-7-9-20-15-21(17(2)3)16-23(20)22;1-6-9-7-4-5-11-8(7)10(6)12(9,2)3;;;/h7,9-17H,4-6,8H2,1-3H3;4-5H,1-3H3;2*1H;/q;;;;+2/p-2. The van der Waals surface area contributed by atoms with E-state index in [1.807, 2.05) is 6.20 Å². The Kier molecular flexibility index (Phi) is 10.3. The van der Waals surface area contributed by atoms with Crippen molar-refractivity contribution in [1.29, 1.82) is 0 Å². The number of aryl methyl sites for hydroxylation is 1. The minimum absolute atomic E-state index is 0. The molecule has 0 saturated carbocycles. The normalized spacial score (nSPS) is 19.1. The molecule has 1 atom stereocenters. The van der Waals surface area contributed by atoms with Crippen molar-refractivity contribution < 1.29 is 49.5 Å². The minimum atomic E-state index is -1.13. The first-order chi connectivity index (χ1) is 17.3. The van der Waals surface area contributed by atoms with Gasteiger partial charge in [0.15, 0.2) is 0 Å². The van der Waals surface area contributed by atoms with Gasteiger partial charge in [0.2, 0.25) is 0 Å². The fourth-order valence-electron chi connectivity index (χ4n) is 6.48. The Bertz CT molecular complexity index is 1360. The number of nitrogens with zero attached hydrogens (tertiary/aromatic N) is 1. The number of aliphatic imine (C=N–C) groups is 1. The molecule has 2 bridgehead atoms. The van der Waals surface area contributed by atoms with Gasteiger partial charge in [-0.2, -0.15) is 0 Å². The average Bonchev–Trinajstić information content (AvgIpc) is 3.56. The maximum Gasteiger partial charge on any atom is -1.00 e. The molecule has 2 aliphatic carbocycles. The monoisotopic (exact) mass is 636 g/mol. The number of hydrogen-bond donors (Lipinski definition) is 0. The maximum atomic E-state index is 4.42. The van der Waals surface area contributed by atoms with Gasteiger partial charge < -0.3 is 24.8 Å². The predicted octanol–water partition coefficient (Wildman–Crippen LogP) is 3.12. The molecule has 1 nitrogen and oxygen atoms in total. The van der Waals surface area contributed by atoms with E-state index in [0.717, 1.165) is 0 Å². The maximum absolute atomic E-state index is 4.42. The molecule has 38 heavy (non-hydrogen) atoms. The van der Waals surface area contributed by atoms with Crippen molar-refractivity contribution in [1.82, 2.24) is 0 Å². The zero-order chi connectivity index (χ0) is 25.6. The van der Waals surface area contributed by atoms with Crippen molar-refractivity contribution in [2.24, 2.45) is 10.9 Å². The summed E-state index contributed by atoms with van der Waals surface area (Å²) in [5.74, 6) is 0.635. The van der Waals surface area contributed by atoms with Gasteiger partial charge in [-0.1, -0.05) is 20.0 Å². The van der Waals surface area contributed by atoms with E-state index in [-0.39, 0.29) is 24.8 Å². The van der Waals surface area contributed by atoms with E-state index in [9.17, 15) is 0 Å². The molecule has 0 amide bonds. The van der Waals surface area contributed by atoms with E-state index in [0.29, 0.717) is 9.54 Å². The van der Waals surface area contributed by atoms with Crippen LogP contribution in [0.1, 0.15) is 67.3 Å². The van der Waals surface area contributed by atoms with Crippen molar-refractivity contribution in [3.63, 3.8) is 0 Å². The van der Waals surface area contributed by atoms with Crippen LogP contribution in [0.5, 0.6) is 0 Å². The Hall–Kier alpha value is -1.25. The molecule has 3 heterocycles. The third kappa shape index (κ3) is 5.38. The van der Waals surface area contributed by atoms with Gasteiger partial charge in [0.25, 0.3) is 0 Å². The van der Waals surface area contributed by atoms with Crippen molar-refractivity contribution in [3.05, 3.63) is 98.5 Å². The molecule has 197 valence electrons. The Morgan fingerprint density at radius 2 is 1.68 bits per heavy atom. The first-order valence-electron chi connectivity index (χ1n) is 13.6. The molecule has 3 aliphatic heterocycles. The van der Waals surface area contributed by atoms with Crippen LogP contribution in [0.25, 0.3) is 17.2 Å². The van der Waals surface area contributed by atoms with E-state index in [2.05, 4.69) is 100 Å². The van der Waals surface area contributed by atoms with Gasteiger partial charge in [-0.3, -0.25) is 4.99 Å². The zero-order valence-electron chi connectivity index (χ0n) is 23.5. The molecule has 0 N–H and O–H groups in total. The van der Waals surface area contributed by atoms with Crippen molar-refractivity contribution in [3.8, 4) is 11.1 Å². The molecule has 0 radical (unpaired) electrons. The third-order valence-corrected chi connectivity index (χ3v) is 13.6. The van der Waals surface area contributed by atoms with Gasteiger partial charge in [-0.15, -0.1) is 0 Å². The predicted molar refractivity (Wildman–Crippen MR) is 154 cm³/mol. The molecule has 0 aromatic heterocycles. The Labute approximate surface area is 258 Å². The summed E-state index contributed by atoms with van der Waals surface area (Å²) in [5.41, 5.74) is 13.1. The van der Waals surface area contributed by atoms with Crippen LogP contribution < -0.4 is 24.8 Å². The van der Waals surface area contributed by atoms with Gasteiger partial charge in [-0.25, -0.2) is 0 Å². The number of hydrogen-bond acceptors (Lipinski definition) is 1. The summed E-state index contributed by atoms with van der Waals surface area (Å²) in [7, 11) is -1.13. The van der Waals surface area contributed by atoms with Crippen LogP contribution in [0.4, 0.5) is 0 Å². The number of unbranched alkanes of at least 4 members (excludes halogenated alkanes) is 2. The zero-order valence-corrected chi connectivity index (χ0v) is 28.4. The second kappa shape index (κ2) is 12.5. The van der Waals surface area contributed by atoms with Gasteiger partial charge in [0.05, 0.1) is 5.71 Å². The molecule has 2 aromatic rings. The summed E-state index contributed by atoms with van der Waals surface area (Å²) in [4.78, 5) is 4.42. The molecule has 5 aliphatic rings. The Morgan fingerprint density at radius 1 is 0.974 bits per heavy atom. The van der Waals surface area contributed by atoms with Gasteiger partial charge in [-0.05, 0) is 29.0 Å². The Morgan fingerprint density at radius 3 is 2.29 bits per heavy atom. The molecular formula is C33H38Cl2NSiZr. The SMILES string of the molecule is CC1=C2C3=NC=CC3=C1[Si]2(C)C.CCCCCc1ccc(-c2cccc3c2C=C(C(C)C)[CH]3[Zr+2])cc1.[Cl-].[Cl-]. The largest absolute Gasteiger partial charge is 1.00 e. The van der Waals surface area contributed by atoms with Gasteiger partial charge in [0.1, 0.15) is 8.07 Å². The molecule has 0 saturated heterocycles. The van der Waals surface area contributed by atoms with E-state index >= 15 is 0 Å². The average molecular weight is 639 g/mol. The third-order valence-electron chi connectivity index (χ3n) is 8.30. The van der Waals surface area contributed by atoms with Crippen LogP contribution in [-0.2, 0) is 31.1 Å². The smallest absolute Gasteiger partial charge is 1.00 e. The molecule has 1 unspecified atom stereocenters. The minimum Gasteiger partial charge on any atom is -1.00 e. The molecular weight excluding hydrogens is 601 g/mol. The van der Waals surface area contributed by atoms with Gasteiger partial charge in [0, 0.05) is 11.8 Å². The van der Waals surface area contributed by atoms with E-state index < -0.39 is 8.07 Å². The summed E-state index contributed by atoms with van der Waals surface area (Å²) in [5, 5.41) is 3.27. The van der Waals surface area contributed by atoms with Crippen molar-refractivity contribution >= 4 is 19.9 Å². The van der Waals surface area contributed by atoms with Crippen molar-refractivity contribution in [2.45, 2.75) is 70.1 Å².